The van der Waals surface area contributed by atoms with Gasteiger partial charge in [-0.15, -0.1) is 5.10 Å². The van der Waals surface area contributed by atoms with Crippen molar-refractivity contribution in [2.75, 3.05) is 10.6 Å². The molecule has 34 heavy (non-hydrogen) atoms. The summed E-state index contributed by atoms with van der Waals surface area (Å²) in [5.74, 6) is -0.491. The van der Waals surface area contributed by atoms with Gasteiger partial charge in [0, 0.05) is 26.9 Å². The van der Waals surface area contributed by atoms with Crippen LogP contribution in [0.15, 0.2) is 72.8 Å². The lowest BCUT2D eigenvalue weighted by Gasteiger charge is -2.25. The Hall–Kier alpha value is -3.68. The standard InChI is InChI=1S/C25H18Cl2FN5O/c1-14-8-10-15(11-9-14)20-13-21(22-18(27)6-3-7-19(22)28)33-25(29-20)31-24(32-33)30-23(34)16-4-2-5-17(26)12-16/h2-13,21H,1H3,(H2,29,30,31,32,34)/t21-/m0/s1. The van der Waals surface area contributed by atoms with Gasteiger partial charge in [0.25, 0.3) is 11.9 Å². The SMILES string of the molecule is Cc1ccc(C2=C[C@@H](c3c(F)cccc3Cl)n3nc(NC(=O)c4cccc(Cl)c4)nc3N2)cc1. The molecule has 0 saturated carbocycles. The van der Waals surface area contributed by atoms with E-state index in [4.69, 9.17) is 23.2 Å². The van der Waals surface area contributed by atoms with Crippen LogP contribution in [0.25, 0.3) is 5.70 Å². The van der Waals surface area contributed by atoms with Crippen molar-refractivity contribution >= 4 is 46.7 Å². The molecule has 2 heterocycles. The summed E-state index contributed by atoms with van der Waals surface area (Å²) >= 11 is 12.4. The van der Waals surface area contributed by atoms with Crippen LogP contribution in [0, 0.1) is 12.7 Å². The van der Waals surface area contributed by atoms with Crippen LogP contribution in [0.4, 0.5) is 16.3 Å². The Labute approximate surface area is 205 Å². The van der Waals surface area contributed by atoms with Gasteiger partial charge in [-0.2, -0.15) is 4.98 Å². The molecule has 6 nitrogen and oxygen atoms in total. The number of rotatable bonds is 4. The molecule has 0 spiro atoms. The lowest BCUT2D eigenvalue weighted by Crippen LogP contribution is -2.21. The van der Waals surface area contributed by atoms with Gasteiger partial charge in [-0.25, -0.2) is 9.07 Å². The zero-order chi connectivity index (χ0) is 23.8. The maximum atomic E-state index is 14.9. The first-order valence-electron chi connectivity index (χ1n) is 10.4. The van der Waals surface area contributed by atoms with Gasteiger partial charge in [0.1, 0.15) is 11.9 Å². The Morgan fingerprint density at radius 3 is 2.59 bits per heavy atom. The Bertz CT molecular complexity index is 1410. The second-order valence-corrected chi connectivity index (χ2v) is 8.66. The number of allylic oxidation sites excluding steroid dienone is 1. The number of halogens is 3. The van der Waals surface area contributed by atoms with E-state index >= 15 is 0 Å². The van der Waals surface area contributed by atoms with Gasteiger partial charge in [-0.05, 0) is 48.9 Å². The number of hydrogen-bond acceptors (Lipinski definition) is 4. The summed E-state index contributed by atoms with van der Waals surface area (Å²) in [5, 5.41) is 11.0. The predicted molar refractivity (Wildman–Crippen MR) is 132 cm³/mol. The fourth-order valence-corrected chi connectivity index (χ4v) is 4.21. The average molecular weight is 494 g/mol. The highest BCUT2D eigenvalue weighted by molar-refractivity contribution is 6.31. The molecule has 0 unspecified atom stereocenters. The van der Waals surface area contributed by atoms with E-state index in [9.17, 15) is 9.18 Å². The molecule has 0 radical (unpaired) electrons. The largest absolute Gasteiger partial charge is 0.324 e. The van der Waals surface area contributed by atoms with Crippen LogP contribution in [0.3, 0.4) is 0 Å². The van der Waals surface area contributed by atoms with E-state index in [2.05, 4.69) is 20.7 Å². The van der Waals surface area contributed by atoms with Gasteiger partial charge in [0.2, 0.25) is 5.95 Å². The molecule has 1 amide bonds. The van der Waals surface area contributed by atoms with E-state index in [1.165, 1.54) is 10.7 Å². The molecular formula is C25H18Cl2FN5O. The highest BCUT2D eigenvalue weighted by atomic mass is 35.5. The van der Waals surface area contributed by atoms with Crippen LogP contribution in [-0.2, 0) is 0 Å². The number of nitrogens with one attached hydrogen (secondary N) is 2. The molecule has 0 fully saturated rings. The molecule has 1 aromatic heterocycles. The summed E-state index contributed by atoms with van der Waals surface area (Å²) in [6.07, 6.45) is 1.83. The van der Waals surface area contributed by atoms with Crippen LogP contribution >= 0.6 is 23.2 Å². The summed E-state index contributed by atoms with van der Waals surface area (Å²) in [7, 11) is 0. The minimum atomic E-state index is -0.689. The minimum absolute atomic E-state index is 0.0588. The number of aryl methyl sites for hydroxylation is 1. The van der Waals surface area contributed by atoms with Crippen molar-refractivity contribution in [2.45, 2.75) is 13.0 Å². The Morgan fingerprint density at radius 2 is 1.85 bits per heavy atom. The summed E-state index contributed by atoms with van der Waals surface area (Å²) in [6, 6.07) is 18.3. The molecule has 0 saturated heterocycles. The van der Waals surface area contributed by atoms with Crippen LogP contribution in [0.5, 0.6) is 0 Å². The second-order valence-electron chi connectivity index (χ2n) is 7.82. The molecule has 3 aromatic carbocycles. The molecule has 5 rings (SSSR count). The van der Waals surface area contributed by atoms with Crippen molar-refractivity contribution in [1.29, 1.82) is 0 Å². The van der Waals surface area contributed by atoms with Gasteiger partial charge in [-0.1, -0.05) is 65.2 Å². The maximum absolute atomic E-state index is 14.9. The number of hydrogen-bond donors (Lipinski definition) is 2. The van der Waals surface area contributed by atoms with Crippen LogP contribution in [0.2, 0.25) is 10.0 Å². The Balaban J connectivity index is 1.55. The van der Waals surface area contributed by atoms with Crippen molar-refractivity contribution in [3.63, 3.8) is 0 Å². The van der Waals surface area contributed by atoms with Crippen LogP contribution in [-0.4, -0.2) is 20.7 Å². The number of anilines is 2. The number of aromatic nitrogens is 3. The van der Waals surface area contributed by atoms with Gasteiger partial charge in [-0.3, -0.25) is 10.1 Å². The number of nitrogens with zero attached hydrogens (tertiary/aromatic N) is 3. The molecule has 1 aliphatic rings. The Morgan fingerprint density at radius 1 is 1.09 bits per heavy atom. The average Bonchev–Trinajstić information content (AvgIpc) is 3.22. The fourth-order valence-electron chi connectivity index (χ4n) is 3.75. The van der Waals surface area contributed by atoms with Crippen molar-refractivity contribution in [3.05, 3.63) is 111 Å². The molecule has 9 heteroatoms. The third kappa shape index (κ3) is 4.27. The first kappa shape index (κ1) is 22.1. The third-order valence-corrected chi connectivity index (χ3v) is 6.00. The van der Waals surface area contributed by atoms with Gasteiger partial charge in [0.05, 0.1) is 0 Å². The summed E-state index contributed by atoms with van der Waals surface area (Å²) in [6.45, 7) is 2.00. The molecule has 2 N–H and O–H groups in total. The first-order valence-corrected chi connectivity index (χ1v) is 11.2. The second kappa shape index (κ2) is 8.93. The maximum Gasteiger partial charge on any atom is 0.258 e. The monoisotopic (exact) mass is 493 g/mol. The summed E-state index contributed by atoms with van der Waals surface area (Å²) in [5.41, 5.74) is 3.34. The number of carbonyl (C=O) groups is 1. The zero-order valence-corrected chi connectivity index (χ0v) is 19.4. The van der Waals surface area contributed by atoms with Crippen molar-refractivity contribution < 1.29 is 9.18 Å². The smallest absolute Gasteiger partial charge is 0.258 e. The number of fused-ring (bicyclic) bond motifs is 1. The third-order valence-electron chi connectivity index (χ3n) is 5.44. The number of carbonyl (C=O) groups excluding carboxylic acids is 1. The first-order chi connectivity index (χ1) is 16.4. The Kier molecular flexibility index (Phi) is 5.81. The molecule has 1 aliphatic heterocycles. The quantitative estimate of drug-likeness (QED) is 0.347. The van der Waals surface area contributed by atoms with Crippen molar-refractivity contribution in [1.82, 2.24) is 14.8 Å². The molecular weight excluding hydrogens is 476 g/mol. The normalized spacial score (nSPS) is 14.7. The van der Waals surface area contributed by atoms with E-state index in [0.29, 0.717) is 16.5 Å². The molecule has 0 aliphatic carbocycles. The number of amides is 1. The summed E-state index contributed by atoms with van der Waals surface area (Å²) in [4.78, 5) is 17.1. The summed E-state index contributed by atoms with van der Waals surface area (Å²) < 4.78 is 16.4. The molecule has 0 bridgehead atoms. The molecule has 170 valence electrons. The van der Waals surface area contributed by atoms with Crippen molar-refractivity contribution in [3.8, 4) is 0 Å². The van der Waals surface area contributed by atoms with E-state index in [-0.39, 0.29) is 16.5 Å². The molecule has 4 aromatic rings. The van der Waals surface area contributed by atoms with Gasteiger partial charge >= 0.3 is 0 Å². The lowest BCUT2D eigenvalue weighted by molar-refractivity contribution is 0.102. The minimum Gasteiger partial charge on any atom is -0.324 e. The van der Waals surface area contributed by atoms with E-state index < -0.39 is 17.8 Å². The van der Waals surface area contributed by atoms with Gasteiger partial charge < -0.3 is 5.32 Å². The van der Waals surface area contributed by atoms with Gasteiger partial charge in [0.15, 0.2) is 0 Å². The highest BCUT2D eigenvalue weighted by Gasteiger charge is 2.29. The van der Waals surface area contributed by atoms with E-state index in [1.807, 2.05) is 37.3 Å². The highest BCUT2D eigenvalue weighted by Crippen LogP contribution is 2.37. The van der Waals surface area contributed by atoms with E-state index in [1.54, 1.807) is 36.4 Å². The molecule has 1 atom stereocenters. The van der Waals surface area contributed by atoms with Crippen molar-refractivity contribution in [2.24, 2.45) is 0 Å². The van der Waals surface area contributed by atoms with Crippen LogP contribution in [0.1, 0.15) is 33.1 Å². The number of benzene rings is 3. The lowest BCUT2D eigenvalue weighted by atomic mass is 10.0. The van der Waals surface area contributed by atoms with E-state index in [0.717, 1.165) is 16.8 Å². The zero-order valence-electron chi connectivity index (χ0n) is 17.9. The topological polar surface area (TPSA) is 71.8 Å². The predicted octanol–water partition coefficient (Wildman–Crippen LogP) is 6.34. The fraction of sp³-hybridized carbons (Fsp3) is 0.0800. The van der Waals surface area contributed by atoms with Crippen LogP contribution < -0.4 is 10.6 Å².